The quantitative estimate of drug-likeness (QED) is 0.467. The summed E-state index contributed by atoms with van der Waals surface area (Å²) in [6.45, 7) is 3.10. The first-order valence-corrected chi connectivity index (χ1v) is 4.11. The number of rotatable bonds is 4. The van der Waals surface area contributed by atoms with Crippen LogP contribution < -0.4 is 5.73 Å². The molecule has 1 saturated carbocycles. The molecule has 0 saturated heterocycles. The lowest BCUT2D eigenvalue weighted by Gasteiger charge is -1.95. The normalized spacial score (nSPS) is 19.5. The van der Waals surface area contributed by atoms with E-state index >= 15 is 0 Å². The van der Waals surface area contributed by atoms with E-state index in [0.29, 0.717) is 0 Å². The van der Waals surface area contributed by atoms with Crippen LogP contribution >= 0.6 is 0 Å². The number of nitrogens with zero attached hydrogens (tertiary/aromatic N) is 1. The van der Waals surface area contributed by atoms with Gasteiger partial charge in [-0.25, -0.2) is 0 Å². The molecule has 1 aliphatic carbocycles. The molecule has 0 unspecified atom stereocenters. The van der Waals surface area contributed by atoms with Gasteiger partial charge in [-0.05, 0) is 25.2 Å². The molecule has 1 rings (SSSR count). The van der Waals surface area contributed by atoms with Crippen molar-refractivity contribution in [3.63, 3.8) is 0 Å². The molecule has 10 heavy (non-hydrogen) atoms. The number of amidine groups is 1. The van der Waals surface area contributed by atoms with Crippen molar-refractivity contribution in [1.29, 1.82) is 0 Å². The Labute approximate surface area is 62.5 Å². The van der Waals surface area contributed by atoms with Crippen LogP contribution in [0.25, 0.3) is 0 Å². The molecule has 0 aromatic rings. The summed E-state index contributed by atoms with van der Waals surface area (Å²) in [6.07, 6.45) is 4.80. The Hall–Kier alpha value is -0.530. The van der Waals surface area contributed by atoms with Gasteiger partial charge in [-0.1, -0.05) is 6.92 Å². The third-order valence-electron chi connectivity index (χ3n) is 1.76. The second-order valence-corrected chi connectivity index (χ2v) is 3.03. The molecule has 0 atom stereocenters. The van der Waals surface area contributed by atoms with Crippen LogP contribution in [0.5, 0.6) is 0 Å². The van der Waals surface area contributed by atoms with Gasteiger partial charge in [0.1, 0.15) is 0 Å². The Bertz CT molecular complexity index is 125. The fourth-order valence-corrected chi connectivity index (χ4v) is 0.882. The van der Waals surface area contributed by atoms with Crippen LogP contribution in [-0.4, -0.2) is 12.4 Å². The van der Waals surface area contributed by atoms with Gasteiger partial charge >= 0.3 is 0 Å². The van der Waals surface area contributed by atoms with Crippen LogP contribution in [0.3, 0.4) is 0 Å². The molecule has 2 heteroatoms. The summed E-state index contributed by atoms with van der Waals surface area (Å²) in [6, 6.07) is 0. The fourth-order valence-electron chi connectivity index (χ4n) is 0.882. The van der Waals surface area contributed by atoms with Crippen molar-refractivity contribution in [2.45, 2.75) is 32.6 Å². The molecule has 0 aliphatic heterocycles. The van der Waals surface area contributed by atoms with Crippen molar-refractivity contribution in [2.75, 3.05) is 6.54 Å². The molecule has 0 amide bonds. The molecular weight excluding hydrogens is 124 g/mol. The van der Waals surface area contributed by atoms with Crippen LogP contribution in [0.2, 0.25) is 0 Å². The number of hydrogen-bond acceptors (Lipinski definition) is 1. The Morgan fingerprint density at radius 1 is 1.60 bits per heavy atom. The highest BCUT2D eigenvalue weighted by atomic mass is 14.9. The maximum Gasteiger partial charge on any atom is 0.0937 e. The second kappa shape index (κ2) is 3.59. The van der Waals surface area contributed by atoms with Gasteiger partial charge in [0.2, 0.25) is 0 Å². The van der Waals surface area contributed by atoms with Crippen molar-refractivity contribution >= 4 is 5.84 Å². The lowest BCUT2D eigenvalue weighted by Crippen LogP contribution is -2.11. The zero-order valence-electron chi connectivity index (χ0n) is 6.64. The summed E-state index contributed by atoms with van der Waals surface area (Å²) < 4.78 is 0. The van der Waals surface area contributed by atoms with E-state index in [2.05, 4.69) is 11.9 Å². The minimum absolute atomic E-state index is 0.842. The fraction of sp³-hybridized carbons (Fsp3) is 0.875. The Kier molecular flexibility index (Phi) is 2.72. The van der Waals surface area contributed by atoms with Crippen molar-refractivity contribution in [3.8, 4) is 0 Å². The van der Waals surface area contributed by atoms with Crippen molar-refractivity contribution in [1.82, 2.24) is 0 Å². The summed E-state index contributed by atoms with van der Waals surface area (Å²) in [5, 5.41) is 0. The maximum atomic E-state index is 5.61. The van der Waals surface area contributed by atoms with Gasteiger partial charge in [0, 0.05) is 13.0 Å². The minimum atomic E-state index is 0.842. The van der Waals surface area contributed by atoms with Gasteiger partial charge in [0.05, 0.1) is 5.84 Å². The van der Waals surface area contributed by atoms with Crippen LogP contribution in [0, 0.1) is 5.92 Å². The smallest absolute Gasteiger partial charge is 0.0937 e. The van der Waals surface area contributed by atoms with Gasteiger partial charge < -0.3 is 5.73 Å². The largest absolute Gasteiger partial charge is 0.387 e. The highest BCUT2D eigenvalue weighted by Gasteiger charge is 2.20. The average molecular weight is 140 g/mol. The Morgan fingerprint density at radius 2 is 2.30 bits per heavy atom. The summed E-state index contributed by atoms with van der Waals surface area (Å²) >= 11 is 0. The first-order chi connectivity index (χ1) is 4.83. The predicted octanol–water partition coefficient (Wildman–Crippen LogP) is 1.55. The van der Waals surface area contributed by atoms with E-state index in [4.69, 9.17) is 5.73 Å². The van der Waals surface area contributed by atoms with Gasteiger partial charge in [0.15, 0.2) is 0 Å². The number of hydrogen-bond donors (Lipinski definition) is 1. The van der Waals surface area contributed by atoms with Crippen molar-refractivity contribution < 1.29 is 0 Å². The van der Waals surface area contributed by atoms with Gasteiger partial charge in [-0.2, -0.15) is 0 Å². The maximum absolute atomic E-state index is 5.61. The average Bonchev–Trinajstić information content (AvgIpc) is 2.67. The zero-order chi connectivity index (χ0) is 7.40. The molecule has 2 nitrogen and oxygen atoms in total. The lowest BCUT2D eigenvalue weighted by molar-refractivity contribution is 0.836. The number of aliphatic imine (C=N–C) groups is 1. The second-order valence-electron chi connectivity index (χ2n) is 3.03. The van der Waals surface area contributed by atoms with Gasteiger partial charge in [0.25, 0.3) is 0 Å². The van der Waals surface area contributed by atoms with Crippen LogP contribution in [0.1, 0.15) is 32.6 Å². The van der Waals surface area contributed by atoms with Crippen LogP contribution in [0.4, 0.5) is 0 Å². The predicted molar refractivity (Wildman–Crippen MR) is 44.1 cm³/mol. The van der Waals surface area contributed by atoms with Crippen LogP contribution in [0.15, 0.2) is 4.99 Å². The topological polar surface area (TPSA) is 38.4 Å². The molecule has 1 aliphatic rings. The first kappa shape index (κ1) is 7.58. The molecule has 0 heterocycles. The summed E-state index contributed by atoms with van der Waals surface area (Å²) in [5.41, 5.74) is 5.61. The van der Waals surface area contributed by atoms with E-state index in [1.165, 1.54) is 12.8 Å². The molecule has 1 fully saturated rings. The first-order valence-electron chi connectivity index (χ1n) is 4.11. The van der Waals surface area contributed by atoms with Gasteiger partial charge in [-0.3, -0.25) is 4.99 Å². The monoisotopic (exact) mass is 140 g/mol. The van der Waals surface area contributed by atoms with Crippen molar-refractivity contribution in [3.05, 3.63) is 0 Å². The molecule has 58 valence electrons. The summed E-state index contributed by atoms with van der Waals surface area (Å²) in [7, 11) is 0. The van der Waals surface area contributed by atoms with Crippen LogP contribution in [-0.2, 0) is 0 Å². The molecule has 0 radical (unpaired) electrons. The molecule has 0 aromatic heterocycles. The number of nitrogens with two attached hydrogens (primary N) is 1. The highest BCUT2D eigenvalue weighted by molar-refractivity contribution is 5.80. The van der Waals surface area contributed by atoms with E-state index < -0.39 is 0 Å². The van der Waals surface area contributed by atoms with E-state index in [9.17, 15) is 0 Å². The third-order valence-corrected chi connectivity index (χ3v) is 1.76. The van der Waals surface area contributed by atoms with E-state index in [-0.39, 0.29) is 0 Å². The van der Waals surface area contributed by atoms with E-state index in [0.717, 1.165) is 31.1 Å². The SMILES string of the molecule is CCCC(N)=NCC1CC1. The zero-order valence-corrected chi connectivity index (χ0v) is 6.64. The highest BCUT2D eigenvalue weighted by Crippen LogP contribution is 2.28. The van der Waals surface area contributed by atoms with E-state index in [1.807, 2.05) is 0 Å². The summed E-state index contributed by atoms with van der Waals surface area (Å²) in [4.78, 5) is 4.27. The van der Waals surface area contributed by atoms with Crippen molar-refractivity contribution in [2.24, 2.45) is 16.6 Å². The lowest BCUT2D eigenvalue weighted by atomic mass is 10.3. The molecule has 0 spiro atoms. The minimum Gasteiger partial charge on any atom is -0.387 e. The molecular formula is C8H16N2. The Balaban J connectivity index is 2.09. The summed E-state index contributed by atoms with van der Waals surface area (Å²) in [5.74, 6) is 1.71. The molecule has 2 N–H and O–H groups in total. The molecule has 0 bridgehead atoms. The third kappa shape index (κ3) is 2.85. The standard InChI is InChI=1S/C8H16N2/c1-2-3-8(9)10-6-7-4-5-7/h7H,2-6H2,1H3,(H2,9,10). The van der Waals surface area contributed by atoms with E-state index in [1.54, 1.807) is 0 Å². The Morgan fingerprint density at radius 3 is 2.80 bits per heavy atom. The van der Waals surface area contributed by atoms with Gasteiger partial charge in [-0.15, -0.1) is 0 Å². The molecule has 0 aromatic carbocycles.